The van der Waals surface area contributed by atoms with Crippen LogP contribution in [0.4, 0.5) is 4.79 Å². The topological polar surface area (TPSA) is 102 Å². The molecule has 0 saturated carbocycles. The summed E-state index contributed by atoms with van der Waals surface area (Å²) in [7, 11) is 0. The second kappa shape index (κ2) is 10.4. The second-order valence-electron chi connectivity index (χ2n) is 4.76. The van der Waals surface area contributed by atoms with Crippen LogP contribution >= 0.6 is 0 Å². The molecule has 0 rings (SSSR count). The SMILES string of the molecule is CCN(CC)CCCC(C)NC(=O)N[C@@H](CO)C(=O)O. The Labute approximate surface area is 120 Å². The van der Waals surface area contributed by atoms with Crippen molar-refractivity contribution in [2.24, 2.45) is 0 Å². The number of aliphatic hydroxyl groups excluding tert-OH is 1. The average molecular weight is 289 g/mol. The maximum atomic E-state index is 11.5. The van der Waals surface area contributed by atoms with Gasteiger partial charge in [0, 0.05) is 6.04 Å². The molecule has 0 radical (unpaired) electrons. The van der Waals surface area contributed by atoms with Crippen molar-refractivity contribution in [1.82, 2.24) is 15.5 Å². The number of rotatable bonds is 10. The third-order valence-corrected chi connectivity index (χ3v) is 3.17. The molecule has 0 saturated heterocycles. The van der Waals surface area contributed by atoms with E-state index >= 15 is 0 Å². The Bertz CT molecular complexity index is 295. The van der Waals surface area contributed by atoms with Gasteiger partial charge in [0.1, 0.15) is 0 Å². The van der Waals surface area contributed by atoms with E-state index in [9.17, 15) is 9.59 Å². The van der Waals surface area contributed by atoms with Crippen molar-refractivity contribution < 1.29 is 19.8 Å². The summed E-state index contributed by atoms with van der Waals surface area (Å²) in [6.45, 7) is 8.47. The highest BCUT2D eigenvalue weighted by atomic mass is 16.4. The van der Waals surface area contributed by atoms with Crippen LogP contribution < -0.4 is 10.6 Å². The number of carbonyl (C=O) groups is 2. The number of nitrogens with zero attached hydrogens (tertiary/aromatic N) is 1. The molecule has 0 aliphatic heterocycles. The first-order chi connectivity index (χ1) is 9.44. The summed E-state index contributed by atoms with van der Waals surface area (Å²) in [6.07, 6.45) is 1.78. The van der Waals surface area contributed by atoms with Gasteiger partial charge in [-0.05, 0) is 39.4 Å². The van der Waals surface area contributed by atoms with E-state index in [4.69, 9.17) is 10.2 Å². The lowest BCUT2D eigenvalue weighted by Crippen LogP contribution is -2.50. The number of hydrogen-bond acceptors (Lipinski definition) is 4. The molecule has 0 aromatic heterocycles. The minimum atomic E-state index is -1.27. The van der Waals surface area contributed by atoms with Crippen molar-refractivity contribution in [2.45, 2.75) is 45.7 Å². The molecular formula is C13H27N3O4. The molecule has 2 amide bonds. The van der Waals surface area contributed by atoms with E-state index in [2.05, 4.69) is 29.4 Å². The third-order valence-electron chi connectivity index (χ3n) is 3.17. The molecular weight excluding hydrogens is 262 g/mol. The first-order valence-corrected chi connectivity index (χ1v) is 7.07. The molecule has 7 heteroatoms. The van der Waals surface area contributed by atoms with Crippen LogP contribution in [0.15, 0.2) is 0 Å². The van der Waals surface area contributed by atoms with Gasteiger partial charge in [-0.3, -0.25) is 0 Å². The molecule has 7 nitrogen and oxygen atoms in total. The van der Waals surface area contributed by atoms with Gasteiger partial charge >= 0.3 is 12.0 Å². The van der Waals surface area contributed by atoms with Crippen LogP contribution in [0, 0.1) is 0 Å². The number of urea groups is 1. The maximum Gasteiger partial charge on any atom is 0.328 e. The quantitative estimate of drug-likeness (QED) is 0.461. The Kier molecular flexibility index (Phi) is 9.75. The number of aliphatic carboxylic acids is 1. The third kappa shape index (κ3) is 7.96. The minimum Gasteiger partial charge on any atom is -0.480 e. The first-order valence-electron chi connectivity index (χ1n) is 7.07. The van der Waals surface area contributed by atoms with Gasteiger partial charge < -0.3 is 25.7 Å². The van der Waals surface area contributed by atoms with Crippen molar-refractivity contribution in [2.75, 3.05) is 26.2 Å². The Hall–Kier alpha value is -1.34. The highest BCUT2D eigenvalue weighted by Gasteiger charge is 2.19. The number of hydrogen-bond donors (Lipinski definition) is 4. The molecule has 2 atom stereocenters. The normalized spacial score (nSPS) is 13.8. The van der Waals surface area contributed by atoms with Crippen LogP contribution in [0.1, 0.15) is 33.6 Å². The van der Waals surface area contributed by atoms with Crippen molar-refractivity contribution in [3.05, 3.63) is 0 Å². The molecule has 0 aromatic rings. The van der Waals surface area contributed by atoms with Gasteiger partial charge in [0.2, 0.25) is 0 Å². The van der Waals surface area contributed by atoms with Crippen LogP contribution in [0.25, 0.3) is 0 Å². The summed E-state index contributed by atoms with van der Waals surface area (Å²) >= 11 is 0. The van der Waals surface area contributed by atoms with E-state index in [1.165, 1.54) is 0 Å². The summed E-state index contributed by atoms with van der Waals surface area (Å²) in [5.41, 5.74) is 0. The van der Waals surface area contributed by atoms with Crippen LogP contribution in [-0.2, 0) is 4.79 Å². The monoisotopic (exact) mass is 289 g/mol. The average Bonchev–Trinajstić information content (AvgIpc) is 2.40. The van der Waals surface area contributed by atoms with Gasteiger partial charge in [0.25, 0.3) is 0 Å². The van der Waals surface area contributed by atoms with E-state index in [0.717, 1.165) is 32.5 Å². The molecule has 0 aliphatic carbocycles. The lowest BCUT2D eigenvalue weighted by Gasteiger charge is -2.20. The zero-order chi connectivity index (χ0) is 15.5. The van der Waals surface area contributed by atoms with Crippen LogP contribution in [0.2, 0.25) is 0 Å². The van der Waals surface area contributed by atoms with E-state index < -0.39 is 24.6 Å². The van der Waals surface area contributed by atoms with Crippen molar-refractivity contribution in [3.63, 3.8) is 0 Å². The summed E-state index contributed by atoms with van der Waals surface area (Å²) in [5, 5.41) is 22.4. The first kappa shape index (κ1) is 18.7. The second-order valence-corrected chi connectivity index (χ2v) is 4.76. The lowest BCUT2D eigenvalue weighted by molar-refractivity contribution is -0.140. The maximum absolute atomic E-state index is 11.5. The van der Waals surface area contributed by atoms with Crippen LogP contribution in [0.3, 0.4) is 0 Å². The van der Waals surface area contributed by atoms with Crippen LogP contribution in [-0.4, -0.2) is 65.4 Å². The summed E-state index contributed by atoms with van der Waals surface area (Å²) in [5.74, 6) is -1.25. The van der Waals surface area contributed by atoms with Gasteiger partial charge in [-0.2, -0.15) is 0 Å². The van der Waals surface area contributed by atoms with Crippen molar-refractivity contribution in [3.8, 4) is 0 Å². The highest BCUT2D eigenvalue weighted by molar-refractivity contribution is 5.82. The Balaban J connectivity index is 3.93. The summed E-state index contributed by atoms with van der Waals surface area (Å²) < 4.78 is 0. The fourth-order valence-electron chi connectivity index (χ4n) is 1.84. The molecule has 0 aromatic carbocycles. The summed E-state index contributed by atoms with van der Waals surface area (Å²) in [6, 6.07) is -1.88. The smallest absolute Gasteiger partial charge is 0.328 e. The molecule has 0 spiro atoms. The van der Waals surface area contributed by atoms with E-state index in [1.807, 2.05) is 6.92 Å². The zero-order valence-electron chi connectivity index (χ0n) is 12.6. The van der Waals surface area contributed by atoms with Gasteiger partial charge in [-0.1, -0.05) is 13.8 Å². The van der Waals surface area contributed by atoms with Gasteiger partial charge in [0.15, 0.2) is 6.04 Å². The number of carbonyl (C=O) groups excluding carboxylic acids is 1. The molecule has 0 aliphatic rings. The van der Waals surface area contributed by atoms with Gasteiger partial charge in [0.05, 0.1) is 6.61 Å². The minimum absolute atomic E-state index is 0.0429. The Morgan fingerprint density at radius 3 is 2.25 bits per heavy atom. The fraction of sp³-hybridized carbons (Fsp3) is 0.846. The predicted molar refractivity (Wildman–Crippen MR) is 76.7 cm³/mol. The number of aliphatic hydroxyl groups is 1. The number of amides is 2. The summed E-state index contributed by atoms with van der Waals surface area (Å²) in [4.78, 5) is 24.5. The molecule has 20 heavy (non-hydrogen) atoms. The largest absolute Gasteiger partial charge is 0.480 e. The molecule has 1 unspecified atom stereocenters. The zero-order valence-corrected chi connectivity index (χ0v) is 12.6. The van der Waals surface area contributed by atoms with Crippen LogP contribution in [0.5, 0.6) is 0 Å². The predicted octanol–water partition coefficient (Wildman–Crippen LogP) is 0.242. The van der Waals surface area contributed by atoms with Crippen molar-refractivity contribution >= 4 is 12.0 Å². The Morgan fingerprint density at radius 2 is 1.80 bits per heavy atom. The molecule has 118 valence electrons. The van der Waals surface area contributed by atoms with E-state index in [1.54, 1.807) is 0 Å². The van der Waals surface area contributed by atoms with Gasteiger partial charge in [-0.15, -0.1) is 0 Å². The Morgan fingerprint density at radius 1 is 1.20 bits per heavy atom. The number of carboxylic acids is 1. The number of carboxylic acid groups (broad SMARTS) is 1. The fourth-order valence-corrected chi connectivity index (χ4v) is 1.84. The van der Waals surface area contributed by atoms with E-state index in [-0.39, 0.29) is 6.04 Å². The standard InChI is InChI=1S/C13H27N3O4/c1-4-16(5-2)8-6-7-10(3)14-13(20)15-11(9-17)12(18)19/h10-11,17H,4-9H2,1-3H3,(H,18,19)(H2,14,15,20)/t10?,11-/m0/s1. The van der Waals surface area contributed by atoms with Crippen molar-refractivity contribution in [1.29, 1.82) is 0 Å². The van der Waals surface area contributed by atoms with E-state index in [0.29, 0.717) is 0 Å². The lowest BCUT2D eigenvalue weighted by atomic mass is 10.2. The molecule has 4 N–H and O–H groups in total. The molecule has 0 fully saturated rings. The number of nitrogens with one attached hydrogen (secondary N) is 2. The molecule has 0 bridgehead atoms. The molecule has 0 heterocycles. The highest BCUT2D eigenvalue weighted by Crippen LogP contribution is 1.99. The van der Waals surface area contributed by atoms with Gasteiger partial charge in [-0.25, -0.2) is 9.59 Å².